The van der Waals surface area contributed by atoms with Gasteiger partial charge in [0.05, 0.1) is 24.8 Å². The molecule has 1 aromatic rings. The second-order valence-corrected chi connectivity index (χ2v) is 5.16. The second-order valence-electron chi connectivity index (χ2n) is 4.31. The van der Waals surface area contributed by atoms with E-state index < -0.39 is 0 Å². The number of carbonyl (C=O) groups is 1. The van der Waals surface area contributed by atoms with E-state index in [1.165, 1.54) is 0 Å². The van der Waals surface area contributed by atoms with Gasteiger partial charge in [0.1, 0.15) is 5.75 Å². The van der Waals surface area contributed by atoms with Crippen molar-refractivity contribution in [2.24, 2.45) is 5.92 Å². The first-order chi connectivity index (χ1) is 8.61. The van der Waals surface area contributed by atoms with Gasteiger partial charge in [-0.1, -0.05) is 0 Å². The highest BCUT2D eigenvalue weighted by molar-refractivity contribution is 9.10. The van der Waals surface area contributed by atoms with E-state index in [0.29, 0.717) is 12.4 Å². The lowest BCUT2D eigenvalue weighted by Crippen LogP contribution is -2.27. The van der Waals surface area contributed by atoms with Gasteiger partial charge in [-0.25, -0.2) is 0 Å². The van der Waals surface area contributed by atoms with E-state index in [0.717, 1.165) is 16.6 Å². The van der Waals surface area contributed by atoms with Crippen LogP contribution in [0.1, 0.15) is 13.3 Å². The lowest BCUT2D eigenvalue weighted by atomic mass is 10.0. The Morgan fingerprint density at radius 2 is 2.33 bits per heavy atom. The van der Waals surface area contributed by atoms with Gasteiger partial charge in [0, 0.05) is 17.1 Å². The van der Waals surface area contributed by atoms with Crippen LogP contribution in [0.5, 0.6) is 5.75 Å². The predicted octanol–water partition coefficient (Wildman–Crippen LogP) is 2.82. The van der Waals surface area contributed by atoms with Crippen LogP contribution in [0.25, 0.3) is 0 Å². The zero-order valence-corrected chi connectivity index (χ0v) is 12.0. The summed E-state index contributed by atoms with van der Waals surface area (Å²) >= 11 is 3.41. The van der Waals surface area contributed by atoms with Crippen LogP contribution in [0, 0.1) is 5.92 Å². The van der Waals surface area contributed by atoms with Crippen molar-refractivity contribution in [3.05, 3.63) is 22.7 Å². The van der Waals surface area contributed by atoms with Gasteiger partial charge in [-0.05, 0) is 41.4 Å². The quantitative estimate of drug-likeness (QED) is 0.933. The summed E-state index contributed by atoms with van der Waals surface area (Å²) < 4.78 is 11.4. The number of anilines is 1. The van der Waals surface area contributed by atoms with Crippen LogP contribution in [0.4, 0.5) is 5.69 Å². The molecule has 0 aromatic heterocycles. The summed E-state index contributed by atoms with van der Waals surface area (Å²) in [6, 6.07) is 5.48. The van der Waals surface area contributed by atoms with Crippen molar-refractivity contribution in [3.63, 3.8) is 0 Å². The lowest BCUT2D eigenvalue weighted by molar-refractivity contribution is -0.121. The minimum absolute atomic E-state index is 0.00560. The predicted molar refractivity (Wildman–Crippen MR) is 72.8 cm³/mol. The molecule has 1 saturated heterocycles. The van der Waals surface area contributed by atoms with Crippen molar-refractivity contribution >= 4 is 27.5 Å². The van der Waals surface area contributed by atoms with E-state index in [9.17, 15) is 4.79 Å². The summed E-state index contributed by atoms with van der Waals surface area (Å²) in [6.07, 6.45) is 0.753. The van der Waals surface area contributed by atoms with E-state index >= 15 is 0 Å². The van der Waals surface area contributed by atoms with Crippen LogP contribution in [0.3, 0.4) is 0 Å². The van der Waals surface area contributed by atoms with Crippen LogP contribution >= 0.6 is 15.9 Å². The smallest absolute Gasteiger partial charge is 0.230 e. The fourth-order valence-corrected chi connectivity index (χ4v) is 2.37. The molecule has 2 atom stereocenters. The summed E-state index contributed by atoms with van der Waals surface area (Å²) in [7, 11) is 1.60. The Kier molecular flexibility index (Phi) is 4.24. The van der Waals surface area contributed by atoms with Crippen LogP contribution in [-0.4, -0.2) is 25.7 Å². The van der Waals surface area contributed by atoms with Gasteiger partial charge < -0.3 is 14.8 Å². The van der Waals surface area contributed by atoms with Crippen molar-refractivity contribution in [3.8, 4) is 5.75 Å². The number of hydrogen-bond acceptors (Lipinski definition) is 3. The largest absolute Gasteiger partial charge is 0.497 e. The third-order valence-corrected chi connectivity index (χ3v) is 3.84. The van der Waals surface area contributed by atoms with E-state index in [1.807, 2.05) is 19.1 Å². The van der Waals surface area contributed by atoms with Crippen LogP contribution < -0.4 is 10.1 Å². The Morgan fingerprint density at radius 1 is 1.56 bits per heavy atom. The monoisotopic (exact) mass is 313 g/mol. The molecule has 2 rings (SSSR count). The number of halogens is 1. The maximum atomic E-state index is 12.1. The number of hydrogen-bond donors (Lipinski definition) is 1. The van der Waals surface area contributed by atoms with Crippen molar-refractivity contribution in [2.75, 3.05) is 19.0 Å². The van der Waals surface area contributed by atoms with Crippen molar-refractivity contribution in [2.45, 2.75) is 19.4 Å². The molecule has 0 bridgehead atoms. The molecule has 1 aliphatic heterocycles. The molecule has 4 nitrogen and oxygen atoms in total. The first-order valence-electron chi connectivity index (χ1n) is 5.88. The van der Waals surface area contributed by atoms with E-state index in [2.05, 4.69) is 21.2 Å². The Hall–Kier alpha value is -1.07. The molecule has 1 aromatic carbocycles. The van der Waals surface area contributed by atoms with Crippen molar-refractivity contribution < 1.29 is 14.3 Å². The molecule has 1 aliphatic rings. The Balaban J connectivity index is 2.11. The van der Waals surface area contributed by atoms with E-state index in [-0.39, 0.29) is 17.9 Å². The molecule has 0 aliphatic carbocycles. The van der Waals surface area contributed by atoms with Gasteiger partial charge in [-0.3, -0.25) is 4.79 Å². The lowest BCUT2D eigenvalue weighted by Gasteiger charge is -2.15. The standard InChI is InChI=1S/C13H16BrNO3/c1-8-10(5-6-18-8)13(16)15-12-7-9(17-2)3-4-11(12)14/h3-4,7-8,10H,5-6H2,1-2H3,(H,15,16). The molecule has 1 amide bonds. The fraction of sp³-hybridized carbons (Fsp3) is 0.462. The maximum Gasteiger partial charge on any atom is 0.230 e. The number of amides is 1. The minimum Gasteiger partial charge on any atom is -0.497 e. The second kappa shape index (κ2) is 5.71. The van der Waals surface area contributed by atoms with Gasteiger partial charge in [0.25, 0.3) is 0 Å². The van der Waals surface area contributed by atoms with Crippen LogP contribution in [-0.2, 0) is 9.53 Å². The topological polar surface area (TPSA) is 47.6 Å². The Bertz CT molecular complexity index is 450. The maximum absolute atomic E-state index is 12.1. The van der Waals surface area contributed by atoms with Crippen molar-refractivity contribution in [1.82, 2.24) is 0 Å². The molecular formula is C13H16BrNO3. The molecule has 2 unspecified atom stereocenters. The highest BCUT2D eigenvalue weighted by Crippen LogP contribution is 2.29. The van der Waals surface area contributed by atoms with Crippen LogP contribution in [0.15, 0.2) is 22.7 Å². The van der Waals surface area contributed by atoms with Gasteiger partial charge in [-0.15, -0.1) is 0 Å². The molecule has 1 fully saturated rings. The first-order valence-corrected chi connectivity index (χ1v) is 6.67. The summed E-state index contributed by atoms with van der Waals surface area (Å²) in [5.74, 6) is 0.626. The highest BCUT2D eigenvalue weighted by Gasteiger charge is 2.30. The summed E-state index contributed by atoms with van der Waals surface area (Å²) in [6.45, 7) is 2.58. The van der Waals surface area contributed by atoms with E-state index in [4.69, 9.17) is 9.47 Å². The van der Waals surface area contributed by atoms with Crippen molar-refractivity contribution in [1.29, 1.82) is 0 Å². The molecule has 1 heterocycles. The molecule has 18 heavy (non-hydrogen) atoms. The number of nitrogens with one attached hydrogen (secondary N) is 1. The fourth-order valence-electron chi connectivity index (χ4n) is 2.03. The Labute approximate surface area is 115 Å². The first kappa shape index (κ1) is 13.4. The zero-order chi connectivity index (χ0) is 13.1. The number of rotatable bonds is 3. The van der Waals surface area contributed by atoms with Gasteiger partial charge in [-0.2, -0.15) is 0 Å². The third-order valence-electron chi connectivity index (χ3n) is 3.14. The molecule has 0 spiro atoms. The number of methoxy groups -OCH3 is 1. The average Bonchev–Trinajstić information content (AvgIpc) is 2.78. The molecular weight excluding hydrogens is 298 g/mol. The SMILES string of the molecule is COc1ccc(Br)c(NC(=O)C2CCOC2C)c1. The number of carbonyl (C=O) groups excluding carboxylic acids is 1. The molecule has 5 heteroatoms. The Morgan fingerprint density at radius 3 is 2.94 bits per heavy atom. The molecule has 0 radical (unpaired) electrons. The average molecular weight is 314 g/mol. The van der Waals surface area contributed by atoms with Gasteiger partial charge in [0.15, 0.2) is 0 Å². The minimum atomic E-state index is -0.0805. The zero-order valence-electron chi connectivity index (χ0n) is 10.4. The number of ether oxygens (including phenoxy) is 2. The van der Waals surface area contributed by atoms with E-state index in [1.54, 1.807) is 13.2 Å². The number of benzene rings is 1. The van der Waals surface area contributed by atoms with Crippen LogP contribution in [0.2, 0.25) is 0 Å². The van der Waals surface area contributed by atoms with Gasteiger partial charge in [0.2, 0.25) is 5.91 Å². The molecule has 1 N–H and O–H groups in total. The summed E-state index contributed by atoms with van der Waals surface area (Å²) in [4.78, 5) is 12.1. The normalized spacial score (nSPS) is 22.8. The molecule has 98 valence electrons. The summed E-state index contributed by atoms with van der Waals surface area (Å²) in [5, 5.41) is 2.91. The molecule has 0 saturated carbocycles. The summed E-state index contributed by atoms with van der Waals surface area (Å²) in [5.41, 5.74) is 0.721. The van der Waals surface area contributed by atoms with Gasteiger partial charge >= 0.3 is 0 Å². The highest BCUT2D eigenvalue weighted by atomic mass is 79.9. The third kappa shape index (κ3) is 2.84.